The summed E-state index contributed by atoms with van der Waals surface area (Å²) in [5, 5.41) is 14.7. The standard InChI is InChI=1S/C17H12BrN3O3/c1-10-5-6-11-3-2-4-14(16(11)19-10)20-17(22)12-7-8-13(18)15(9-12)21(23)24/h2-9H,1H3,(H,20,22). The second-order valence-electron chi connectivity index (χ2n) is 5.21. The molecular weight excluding hydrogens is 374 g/mol. The Morgan fingerprint density at radius 3 is 2.75 bits per heavy atom. The Hall–Kier alpha value is -2.80. The number of hydrogen-bond acceptors (Lipinski definition) is 4. The number of halogens is 1. The highest BCUT2D eigenvalue weighted by Crippen LogP contribution is 2.27. The van der Waals surface area contributed by atoms with Gasteiger partial charge in [-0.3, -0.25) is 19.9 Å². The molecule has 24 heavy (non-hydrogen) atoms. The van der Waals surface area contributed by atoms with Crippen LogP contribution in [0.1, 0.15) is 16.1 Å². The Morgan fingerprint density at radius 1 is 1.21 bits per heavy atom. The molecule has 1 aromatic heterocycles. The number of aromatic nitrogens is 1. The highest BCUT2D eigenvalue weighted by Gasteiger charge is 2.16. The first-order valence-corrected chi connectivity index (χ1v) is 7.86. The second-order valence-corrected chi connectivity index (χ2v) is 6.06. The van der Waals surface area contributed by atoms with Crippen molar-refractivity contribution in [3.05, 3.63) is 74.4 Å². The van der Waals surface area contributed by atoms with E-state index in [-0.39, 0.29) is 11.3 Å². The number of pyridine rings is 1. The van der Waals surface area contributed by atoms with Gasteiger partial charge in [-0.25, -0.2) is 0 Å². The normalized spacial score (nSPS) is 10.6. The largest absolute Gasteiger partial charge is 0.320 e. The topological polar surface area (TPSA) is 85.1 Å². The number of anilines is 1. The number of nitro groups is 1. The van der Waals surface area contributed by atoms with Crippen molar-refractivity contribution < 1.29 is 9.72 Å². The summed E-state index contributed by atoms with van der Waals surface area (Å²) >= 11 is 3.10. The number of para-hydroxylation sites is 1. The number of carbonyl (C=O) groups excluding carboxylic acids is 1. The quantitative estimate of drug-likeness (QED) is 0.532. The van der Waals surface area contributed by atoms with Crippen LogP contribution >= 0.6 is 15.9 Å². The number of rotatable bonds is 3. The molecule has 0 radical (unpaired) electrons. The van der Waals surface area contributed by atoms with E-state index in [2.05, 4.69) is 26.2 Å². The summed E-state index contributed by atoms with van der Waals surface area (Å²) in [5.74, 6) is -0.429. The van der Waals surface area contributed by atoms with E-state index < -0.39 is 10.8 Å². The lowest BCUT2D eigenvalue weighted by Crippen LogP contribution is -2.12. The Kier molecular flexibility index (Phi) is 4.26. The van der Waals surface area contributed by atoms with Crippen LogP contribution in [0.25, 0.3) is 10.9 Å². The summed E-state index contributed by atoms with van der Waals surface area (Å²) in [6.07, 6.45) is 0. The molecular formula is C17H12BrN3O3. The van der Waals surface area contributed by atoms with E-state index in [4.69, 9.17) is 0 Å². The lowest BCUT2D eigenvalue weighted by atomic mass is 10.1. The van der Waals surface area contributed by atoms with Crippen molar-refractivity contribution in [2.75, 3.05) is 5.32 Å². The van der Waals surface area contributed by atoms with Crippen molar-refractivity contribution in [2.24, 2.45) is 0 Å². The SMILES string of the molecule is Cc1ccc2cccc(NC(=O)c3ccc(Br)c([N+](=O)[O-])c3)c2n1. The van der Waals surface area contributed by atoms with E-state index in [1.165, 1.54) is 18.2 Å². The summed E-state index contributed by atoms with van der Waals surface area (Å²) in [6.45, 7) is 1.87. The van der Waals surface area contributed by atoms with Crippen LogP contribution in [0.5, 0.6) is 0 Å². The number of nitro benzene ring substituents is 1. The minimum absolute atomic E-state index is 0.158. The first-order chi connectivity index (χ1) is 11.5. The van der Waals surface area contributed by atoms with Crippen molar-refractivity contribution in [1.82, 2.24) is 4.98 Å². The molecule has 0 atom stereocenters. The van der Waals surface area contributed by atoms with Gasteiger partial charge in [-0.15, -0.1) is 0 Å². The zero-order chi connectivity index (χ0) is 17.3. The number of hydrogen-bond donors (Lipinski definition) is 1. The molecule has 0 aliphatic rings. The molecule has 6 nitrogen and oxygen atoms in total. The van der Waals surface area contributed by atoms with E-state index in [9.17, 15) is 14.9 Å². The fourth-order valence-electron chi connectivity index (χ4n) is 2.33. The molecule has 0 saturated heterocycles. The molecule has 120 valence electrons. The summed E-state index contributed by atoms with van der Waals surface area (Å²) < 4.78 is 0.325. The van der Waals surface area contributed by atoms with Gasteiger partial charge in [-0.05, 0) is 47.1 Å². The van der Waals surface area contributed by atoms with Crippen LogP contribution in [-0.2, 0) is 0 Å². The number of nitrogens with one attached hydrogen (secondary N) is 1. The van der Waals surface area contributed by atoms with Gasteiger partial charge in [0, 0.05) is 22.7 Å². The first-order valence-electron chi connectivity index (χ1n) is 7.07. The van der Waals surface area contributed by atoms with Crippen LogP contribution in [0.2, 0.25) is 0 Å². The fourth-order valence-corrected chi connectivity index (χ4v) is 2.73. The van der Waals surface area contributed by atoms with Crippen LogP contribution in [-0.4, -0.2) is 15.8 Å². The van der Waals surface area contributed by atoms with Crippen LogP contribution in [0.4, 0.5) is 11.4 Å². The van der Waals surface area contributed by atoms with E-state index in [0.717, 1.165) is 11.1 Å². The number of nitrogens with zero attached hydrogens (tertiary/aromatic N) is 2. The van der Waals surface area contributed by atoms with Gasteiger partial charge in [0.25, 0.3) is 11.6 Å². The molecule has 0 spiro atoms. The van der Waals surface area contributed by atoms with Gasteiger partial charge < -0.3 is 5.32 Å². The number of fused-ring (bicyclic) bond motifs is 1. The van der Waals surface area contributed by atoms with Crippen molar-refractivity contribution in [2.45, 2.75) is 6.92 Å². The van der Waals surface area contributed by atoms with E-state index in [1.54, 1.807) is 6.07 Å². The summed E-state index contributed by atoms with van der Waals surface area (Å²) in [6, 6.07) is 13.5. The van der Waals surface area contributed by atoms with Gasteiger partial charge in [0.15, 0.2) is 0 Å². The molecule has 1 heterocycles. The lowest BCUT2D eigenvalue weighted by molar-refractivity contribution is -0.385. The Morgan fingerprint density at radius 2 is 2.00 bits per heavy atom. The zero-order valence-electron chi connectivity index (χ0n) is 12.6. The summed E-state index contributed by atoms with van der Waals surface area (Å²) in [7, 11) is 0. The van der Waals surface area contributed by atoms with Crippen molar-refractivity contribution >= 4 is 44.1 Å². The number of aryl methyl sites for hydroxylation is 1. The summed E-state index contributed by atoms with van der Waals surface area (Å²) in [4.78, 5) is 27.4. The monoisotopic (exact) mass is 385 g/mol. The van der Waals surface area contributed by atoms with Gasteiger partial charge in [0.2, 0.25) is 0 Å². The molecule has 3 rings (SSSR count). The zero-order valence-corrected chi connectivity index (χ0v) is 14.2. The van der Waals surface area contributed by atoms with Crippen LogP contribution in [0, 0.1) is 17.0 Å². The van der Waals surface area contributed by atoms with Crippen LogP contribution in [0.3, 0.4) is 0 Å². The molecule has 0 unspecified atom stereocenters. The van der Waals surface area contributed by atoms with Gasteiger partial charge >= 0.3 is 0 Å². The molecule has 0 aliphatic heterocycles. The molecule has 0 fully saturated rings. The number of benzene rings is 2. The lowest BCUT2D eigenvalue weighted by Gasteiger charge is -2.09. The molecule has 3 aromatic rings. The van der Waals surface area contributed by atoms with Crippen molar-refractivity contribution in [1.29, 1.82) is 0 Å². The third-order valence-corrected chi connectivity index (χ3v) is 4.18. The maximum Gasteiger partial charge on any atom is 0.284 e. The average Bonchev–Trinajstić information content (AvgIpc) is 2.55. The molecule has 2 aromatic carbocycles. The highest BCUT2D eigenvalue weighted by atomic mass is 79.9. The maximum absolute atomic E-state index is 12.5. The first kappa shape index (κ1) is 16.1. The summed E-state index contributed by atoms with van der Waals surface area (Å²) in [5.41, 5.74) is 2.12. The fraction of sp³-hybridized carbons (Fsp3) is 0.0588. The molecule has 0 aliphatic carbocycles. The predicted octanol–water partition coefficient (Wildman–Crippen LogP) is 4.47. The minimum atomic E-state index is -0.538. The highest BCUT2D eigenvalue weighted by molar-refractivity contribution is 9.10. The van der Waals surface area contributed by atoms with E-state index in [1.807, 2.05) is 31.2 Å². The third kappa shape index (κ3) is 3.11. The van der Waals surface area contributed by atoms with Crippen LogP contribution < -0.4 is 5.32 Å². The maximum atomic E-state index is 12.5. The molecule has 0 bridgehead atoms. The molecule has 1 amide bonds. The third-order valence-electron chi connectivity index (χ3n) is 3.51. The van der Waals surface area contributed by atoms with Crippen molar-refractivity contribution in [3.8, 4) is 0 Å². The van der Waals surface area contributed by atoms with Gasteiger partial charge in [0.1, 0.15) is 0 Å². The predicted molar refractivity (Wildman–Crippen MR) is 95.2 cm³/mol. The molecule has 1 N–H and O–H groups in total. The molecule has 0 saturated carbocycles. The van der Waals surface area contributed by atoms with E-state index in [0.29, 0.717) is 15.7 Å². The van der Waals surface area contributed by atoms with E-state index >= 15 is 0 Å². The van der Waals surface area contributed by atoms with Crippen molar-refractivity contribution in [3.63, 3.8) is 0 Å². The Balaban J connectivity index is 1.97. The number of carbonyl (C=O) groups is 1. The minimum Gasteiger partial charge on any atom is -0.320 e. The number of amides is 1. The average molecular weight is 386 g/mol. The van der Waals surface area contributed by atoms with Gasteiger partial charge in [-0.1, -0.05) is 18.2 Å². The Labute approximate surface area is 145 Å². The van der Waals surface area contributed by atoms with Gasteiger partial charge in [0.05, 0.1) is 20.6 Å². The van der Waals surface area contributed by atoms with Crippen LogP contribution in [0.15, 0.2) is 53.0 Å². The Bertz CT molecular complexity index is 972. The van der Waals surface area contributed by atoms with Gasteiger partial charge in [-0.2, -0.15) is 0 Å². The molecule has 7 heteroatoms. The smallest absolute Gasteiger partial charge is 0.284 e. The second kappa shape index (κ2) is 6.37.